The van der Waals surface area contributed by atoms with Gasteiger partial charge in [0.05, 0.1) is 0 Å². The molecule has 1 aromatic carbocycles. The van der Waals surface area contributed by atoms with Crippen LogP contribution in [0.3, 0.4) is 0 Å². The molecule has 16 heavy (non-hydrogen) atoms. The molecule has 0 saturated carbocycles. The number of nitrogens with one attached hydrogen (secondary N) is 1. The van der Waals surface area contributed by atoms with E-state index in [-0.39, 0.29) is 5.75 Å². The van der Waals surface area contributed by atoms with Crippen LogP contribution in [-0.2, 0) is 11.3 Å². The van der Waals surface area contributed by atoms with Gasteiger partial charge in [-0.3, -0.25) is 0 Å². The Bertz CT molecular complexity index is 382. The van der Waals surface area contributed by atoms with Crippen molar-refractivity contribution in [3.05, 3.63) is 41.5 Å². The van der Waals surface area contributed by atoms with Crippen molar-refractivity contribution in [1.82, 2.24) is 5.32 Å². The van der Waals surface area contributed by atoms with Crippen molar-refractivity contribution in [2.75, 3.05) is 6.54 Å². The molecule has 0 unspecified atom stereocenters. The second kappa shape index (κ2) is 5.92. The van der Waals surface area contributed by atoms with E-state index in [2.05, 4.69) is 5.32 Å². The van der Waals surface area contributed by atoms with Crippen LogP contribution in [0, 0.1) is 0 Å². The van der Waals surface area contributed by atoms with Gasteiger partial charge in [0.25, 0.3) is 0 Å². The van der Waals surface area contributed by atoms with E-state index in [9.17, 15) is 4.79 Å². The number of aliphatic carboxylic acids is 1. The predicted octanol–water partition coefficient (Wildman–Crippen LogP) is 1.51. The van der Waals surface area contributed by atoms with Crippen molar-refractivity contribution < 1.29 is 15.0 Å². The summed E-state index contributed by atoms with van der Waals surface area (Å²) in [4.78, 5) is 10.3. The van der Waals surface area contributed by atoms with Gasteiger partial charge in [-0.2, -0.15) is 0 Å². The number of carboxylic acids is 1. The third-order valence-corrected chi connectivity index (χ3v) is 2.04. The highest BCUT2D eigenvalue weighted by molar-refractivity contribution is 5.80. The number of hydrogen-bond donors (Lipinski definition) is 3. The van der Waals surface area contributed by atoms with Gasteiger partial charge in [-0.15, -0.1) is 0 Å². The molecule has 0 fully saturated rings. The third-order valence-electron chi connectivity index (χ3n) is 2.04. The van der Waals surface area contributed by atoms with E-state index < -0.39 is 5.97 Å². The second-order valence-corrected chi connectivity index (χ2v) is 3.60. The molecular formula is C12H15NO3. The van der Waals surface area contributed by atoms with Gasteiger partial charge in [0, 0.05) is 19.2 Å². The van der Waals surface area contributed by atoms with Crippen molar-refractivity contribution in [3.8, 4) is 5.75 Å². The minimum absolute atomic E-state index is 0.241. The van der Waals surface area contributed by atoms with Crippen molar-refractivity contribution in [2.45, 2.75) is 13.5 Å². The minimum atomic E-state index is -0.927. The Morgan fingerprint density at radius 3 is 2.56 bits per heavy atom. The first-order valence-corrected chi connectivity index (χ1v) is 4.96. The Morgan fingerprint density at radius 1 is 1.38 bits per heavy atom. The molecule has 0 spiro atoms. The molecule has 1 aromatic rings. The number of hydrogen-bond acceptors (Lipinski definition) is 3. The van der Waals surface area contributed by atoms with Gasteiger partial charge in [-0.25, -0.2) is 4.79 Å². The van der Waals surface area contributed by atoms with E-state index in [1.165, 1.54) is 6.08 Å². The number of phenolic OH excluding ortho intramolecular Hbond substituents is 1. The van der Waals surface area contributed by atoms with Crippen molar-refractivity contribution >= 4 is 5.97 Å². The van der Waals surface area contributed by atoms with E-state index in [0.717, 1.165) is 11.1 Å². The van der Waals surface area contributed by atoms with Crippen LogP contribution in [0.25, 0.3) is 0 Å². The number of phenols is 1. The highest BCUT2D eigenvalue weighted by Crippen LogP contribution is 2.09. The van der Waals surface area contributed by atoms with Crippen LogP contribution in [0.15, 0.2) is 35.9 Å². The molecule has 0 heterocycles. The molecule has 0 aliphatic carbocycles. The lowest BCUT2D eigenvalue weighted by Gasteiger charge is -2.04. The first-order chi connectivity index (χ1) is 7.58. The fourth-order valence-electron chi connectivity index (χ4n) is 1.28. The van der Waals surface area contributed by atoms with E-state index in [1.54, 1.807) is 19.1 Å². The number of benzene rings is 1. The van der Waals surface area contributed by atoms with E-state index >= 15 is 0 Å². The standard InChI is InChI=1S/C12H15NO3/c1-9(6-12(15)16)7-13-8-10-2-4-11(14)5-3-10/h2-6,13-14H,7-8H2,1H3,(H,15,16)/b9-6-. The van der Waals surface area contributed by atoms with Crippen LogP contribution in [0.5, 0.6) is 5.75 Å². The number of aromatic hydroxyl groups is 1. The van der Waals surface area contributed by atoms with E-state index in [1.807, 2.05) is 12.1 Å². The normalized spacial score (nSPS) is 11.4. The summed E-state index contributed by atoms with van der Waals surface area (Å²) in [7, 11) is 0. The molecule has 1 rings (SSSR count). The first kappa shape index (κ1) is 12.3. The Kier molecular flexibility index (Phi) is 4.54. The molecule has 0 amide bonds. The molecule has 0 radical (unpaired) electrons. The molecule has 0 saturated heterocycles. The molecular weight excluding hydrogens is 206 g/mol. The van der Waals surface area contributed by atoms with Crippen molar-refractivity contribution in [1.29, 1.82) is 0 Å². The molecule has 0 aromatic heterocycles. The largest absolute Gasteiger partial charge is 0.508 e. The van der Waals surface area contributed by atoms with Crippen LogP contribution < -0.4 is 5.32 Å². The quantitative estimate of drug-likeness (QED) is 0.659. The summed E-state index contributed by atoms with van der Waals surface area (Å²) in [5.41, 5.74) is 1.81. The number of carbonyl (C=O) groups is 1. The zero-order chi connectivity index (χ0) is 12.0. The predicted molar refractivity (Wildman–Crippen MR) is 61.2 cm³/mol. The maximum absolute atomic E-state index is 10.3. The summed E-state index contributed by atoms with van der Waals surface area (Å²) < 4.78 is 0. The fraction of sp³-hybridized carbons (Fsp3) is 0.250. The molecule has 4 heteroatoms. The summed E-state index contributed by atoms with van der Waals surface area (Å²) in [6, 6.07) is 6.88. The highest BCUT2D eigenvalue weighted by atomic mass is 16.4. The summed E-state index contributed by atoms with van der Waals surface area (Å²) in [6.07, 6.45) is 1.18. The van der Waals surface area contributed by atoms with Gasteiger partial charge >= 0.3 is 5.97 Å². The number of carboxylic acid groups (broad SMARTS) is 1. The van der Waals surface area contributed by atoms with Crippen molar-refractivity contribution in [3.63, 3.8) is 0 Å². The van der Waals surface area contributed by atoms with Gasteiger partial charge in [-0.1, -0.05) is 17.7 Å². The first-order valence-electron chi connectivity index (χ1n) is 4.96. The van der Waals surface area contributed by atoms with E-state index in [0.29, 0.717) is 13.1 Å². The average Bonchev–Trinajstić information content (AvgIpc) is 2.20. The van der Waals surface area contributed by atoms with Crippen LogP contribution in [0.2, 0.25) is 0 Å². The summed E-state index contributed by atoms with van der Waals surface area (Å²) in [6.45, 7) is 2.94. The highest BCUT2D eigenvalue weighted by Gasteiger charge is 1.96. The summed E-state index contributed by atoms with van der Waals surface area (Å²) in [5, 5.41) is 20.7. The smallest absolute Gasteiger partial charge is 0.328 e. The van der Waals surface area contributed by atoms with Gasteiger partial charge < -0.3 is 15.5 Å². The van der Waals surface area contributed by atoms with Crippen LogP contribution in [-0.4, -0.2) is 22.7 Å². The number of rotatable bonds is 5. The van der Waals surface area contributed by atoms with Gasteiger partial charge in [0.1, 0.15) is 5.75 Å². The lowest BCUT2D eigenvalue weighted by molar-refractivity contribution is -0.131. The Hall–Kier alpha value is -1.81. The van der Waals surface area contributed by atoms with Gasteiger partial charge in [-0.05, 0) is 24.6 Å². The Morgan fingerprint density at radius 2 is 2.00 bits per heavy atom. The summed E-state index contributed by atoms with van der Waals surface area (Å²) in [5.74, 6) is -0.686. The fourth-order valence-corrected chi connectivity index (χ4v) is 1.28. The Balaban J connectivity index is 2.36. The van der Waals surface area contributed by atoms with Crippen molar-refractivity contribution in [2.24, 2.45) is 0 Å². The topological polar surface area (TPSA) is 69.6 Å². The molecule has 0 bridgehead atoms. The maximum atomic E-state index is 10.3. The lowest BCUT2D eigenvalue weighted by atomic mass is 10.2. The average molecular weight is 221 g/mol. The second-order valence-electron chi connectivity index (χ2n) is 3.60. The SMILES string of the molecule is C/C(=C/C(=O)O)CNCc1ccc(O)cc1. The molecule has 0 aliphatic heterocycles. The lowest BCUT2D eigenvalue weighted by Crippen LogP contribution is -2.16. The van der Waals surface area contributed by atoms with Gasteiger partial charge in [0.15, 0.2) is 0 Å². The maximum Gasteiger partial charge on any atom is 0.328 e. The third kappa shape index (κ3) is 4.61. The minimum Gasteiger partial charge on any atom is -0.508 e. The van der Waals surface area contributed by atoms with Gasteiger partial charge in [0.2, 0.25) is 0 Å². The van der Waals surface area contributed by atoms with Crippen LogP contribution in [0.4, 0.5) is 0 Å². The Labute approximate surface area is 94.2 Å². The molecule has 0 atom stereocenters. The zero-order valence-corrected chi connectivity index (χ0v) is 9.10. The molecule has 4 nitrogen and oxygen atoms in total. The monoisotopic (exact) mass is 221 g/mol. The molecule has 3 N–H and O–H groups in total. The van der Waals surface area contributed by atoms with Crippen LogP contribution >= 0.6 is 0 Å². The molecule has 86 valence electrons. The van der Waals surface area contributed by atoms with Crippen LogP contribution in [0.1, 0.15) is 12.5 Å². The molecule has 0 aliphatic rings. The van der Waals surface area contributed by atoms with E-state index in [4.69, 9.17) is 10.2 Å². The zero-order valence-electron chi connectivity index (χ0n) is 9.10. The summed E-state index contributed by atoms with van der Waals surface area (Å²) >= 11 is 0.